The number of amides is 2. The third-order valence-corrected chi connectivity index (χ3v) is 5.65. The number of anilines is 1. The number of aromatic amines is 1. The number of nitrogens with one attached hydrogen (secondary N) is 4. The highest BCUT2D eigenvalue weighted by Gasteiger charge is 2.16. The lowest BCUT2D eigenvalue weighted by molar-refractivity contribution is -0.117. The van der Waals surface area contributed by atoms with Crippen molar-refractivity contribution in [3.63, 3.8) is 0 Å². The van der Waals surface area contributed by atoms with Gasteiger partial charge in [-0.2, -0.15) is 5.10 Å². The monoisotopic (exact) mass is 528 g/mol. The number of pyridine rings is 1. The smallest absolute Gasteiger partial charge is 0.267 e. The van der Waals surface area contributed by atoms with Crippen molar-refractivity contribution in [2.75, 3.05) is 12.4 Å². The van der Waals surface area contributed by atoms with E-state index in [-0.39, 0.29) is 28.7 Å². The summed E-state index contributed by atoms with van der Waals surface area (Å²) in [4.78, 5) is 34.8. The number of aromatic nitrogens is 3. The molecule has 2 amide bonds. The number of rotatable bonds is 8. The van der Waals surface area contributed by atoms with Crippen molar-refractivity contribution in [1.82, 2.24) is 25.8 Å². The Morgan fingerprint density at radius 2 is 1.92 bits per heavy atom. The molecule has 0 atom stereocenters. The molecular weight excluding hydrogens is 504 g/mol. The van der Waals surface area contributed by atoms with Gasteiger partial charge < -0.3 is 21.7 Å². The molecule has 0 fully saturated rings. The predicted molar refractivity (Wildman–Crippen MR) is 148 cm³/mol. The van der Waals surface area contributed by atoms with E-state index >= 15 is 0 Å². The number of benzene rings is 2. The van der Waals surface area contributed by atoms with Gasteiger partial charge >= 0.3 is 0 Å². The summed E-state index contributed by atoms with van der Waals surface area (Å²) in [5, 5.41) is 15.2. The van der Waals surface area contributed by atoms with Gasteiger partial charge in [-0.15, -0.1) is 0 Å². The first-order valence-electron chi connectivity index (χ1n) is 11.6. The van der Waals surface area contributed by atoms with Crippen molar-refractivity contribution in [3.05, 3.63) is 107 Å². The van der Waals surface area contributed by atoms with E-state index in [1.807, 2.05) is 24.3 Å². The van der Waals surface area contributed by atoms with Crippen LogP contribution in [0.4, 0.5) is 11.5 Å². The van der Waals surface area contributed by atoms with Crippen LogP contribution in [0.3, 0.4) is 0 Å². The predicted octanol–water partition coefficient (Wildman–Crippen LogP) is 3.79. The summed E-state index contributed by atoms with van der Waals surface area (Å²) >= 11 is 6.38. The van der Waals surface area contributed by atoms with Gasteiger partial charge in [-0.3, -0.25) is 14.7 Å². The van der Waals surface area contributed by atoms with Crippen LogP contribution in [0.2, 0.25) is 5.02 Å². The van der Waals surface area contributed by atoms with Crippen molar-refractivity contribution in [2.45, 2.75) is 6.54 Å². The highest BCUT2D eigenvalue weighted by Crippen LogP contribution is 2.25. The summed E-state index contributed by atoms with van der Waals surface area (Å²) in [5.74, 6) is -0.308. The van der Waals surface area contributed by atoms with Gasteiger partial charge in [-0.1, -0.05) is 41.9 Å². The molecule has 2 aromatic heterocycles. The van der Waals surface area contributed by atoms with E-state index in [0.29, 0.717) is 22.8 Å². The van der Waals surface area contributed by atoms with E-state index < -0.39 is 11.8 Å². The summed E-state index contributed by atoms with van der Waals surface area (Å²) in [7, 11) is 1.78. The number of carbonyl (C=O) groups excluding carboxylic acids is 2. The Kier molecular flexibility index (Phi) is 8.47. The molecular formula is C27H25ClN8O2. The van der Waals surface area contributed by atoms with Crippen molar-refractivity contribution < 1.29 is 9.59 Å². The number of hydrogen-bond acceptors (Lipinski definition) is 7. The van der Waals surface area contributed by atoms with Crippen LogP contribution in [0.5, 0.6) is 0 Å². The minimum atomic E-state index is -0.531. The van der Waals surface area contributed by atoms with Gasteiger partial charge in [0.2, 0.25) is 0 Å². The largest absolute Gasteiger partial charge is 0.394 e. The number of carbonyl (C=O) groups is 2. The Morgan fingerprint density at radius 3 is 2.66 bits per heavy atom. The quantitative estimate of drug-likeness (QED) is 0.133. The van der Waals surface area contributed by atoms with Gasteiger partial charge in [0.1, 0.15) is 17.4 Å². The molecule has 0 aliphatic rings. The third kappa shape index (κ3) is 6.83. The zero-order valence-electron chi connectivity index (χ0n) is 20.4. The number of nitrogens with two attached hydrogens (primary N) is 1. The molecule has 0 saturated carbocycles. The maximum Gasteiger partial charge on any atom is 0.267 e. The van der Waals surface area contributed by atoms with Crippen LogP contribution < -0.4 is 21.7 Å². The van der Waals surface area contributed by atoms with Gasteiger partial charge in [-0.05, 0) is 36.4 Å². The number of aliphatic imine (C=N–C) groups is 1. The minimum absolute atomic E-state index is 0.0638. The average molecular weight is 529 g/mol. The molecule has 11 heteroatoms. The molecule has 38 heavy (non-hydrogen) atoms. The molecule has 4 aromatic rings. The van der Waals surface area contributed by atoms with Crippen LogP contribution in [0.1, 0.15) is 15.9 Å². The Labute approximate surface area is 224 Å². The number of hydrogen-bond donors (Lipinski definition) is 5. The molecule has 0 aliphatic heterocycles. The lowest BCUT2D eigenvalue weighted by Crippen LogP contribution is -2.33. The van der Waals surface area contributed by atoms with E-state index in [1.165, 1.54) is 6.08 Å². The lowest BCUT2D eigenvalue weighted by Gasteiger charge is -2.11. The number of para-hydroxylation sites is 1. The second-order valence-electron chi connectivity index (χ2n) is 8.03. The van der Waals surface area contributed by atoms with E-state index in [4.69, 9.17) is 17.3 Å². The molecule has 6 N–H and O–H groups in total. The first-order chi connectivity index (χ1) is 18.4. The molecule has 0 spiro atoms. The number of amidine groups is 1. The van der Waals surface area contributed by atoms with Crippen LogP contribution >= 0.6 is 11.6 Å². The summed E-state index contributed by atoms with van der Waals surface area (Å²) in [6.45, 7) is 0.229. The molecule has 10 nitrogen and oxygen atoms in total. The molecule has 2 heterocycles. The minimum Gasteiger partial charge on any atom is -0.394 e. The first kappa shape index (κ1) is 26.1. The lowest BCUT2D eigenvalue weighted by atomic mass is 10.1. The van der Waals surface area contributed by atoms with Gasteiger partial charge in [0.25, 0.3) is 11.8 Å². The number of H-pyrrole nitrogens is 1. The highest BCUT2D eigenvalue weighted by atomic mass is 35.5. The molecule has 4 rings (SSSR count). The van der Waals surface area contributed by atoms with Crippen LogP contribution in [-0.4, -0.2) is 39.9 Å². The van der Waals surface area contributed by atoms with Crippen LogP contribution in [0.15, 0.2) is 95.9 Å². The summed E-state index contributed by atoms with van der Waals surface area (Å²) < 4.78 is 0. The Bertz CT molecular complexity index is 1480. The standard InChI is InChI=1S/C27H25ClN8O2/c1-30-24-9-5-8-23(35-24)18-10-11-21(28)20(12-18)26(37)36-25(34-19-6-3-2-4-7-19)13-22(29)27(38)31-14-17-15-32-33-16-17/h2-13,15-16H,14,29H2,1H3,(H,30,35)(H,31,38)(H,32,33)(H,34,36,37). The van der Waals surface area contributed by atoms with Crippen LogP contribution in [0.25, 0.3) is 11.3 Å². The molecule has 0 unspecified atom stereocenters. The SMILES string of the molecule is CNc1cccc(-c2ccc(Cl)c(C(=O)NC(C=C(N)C(=O)NCc3cn[nH]c3)=Nc3ccccc3)c2)n1. The maximum atomic E-state index is 13.3. The Morgan fingerprint density at radius 1 is 1.11 bits per heavy atom. The van der Waals surface area contributed by atoms with Gasteiger partial charge in [0.15, 0.2) is 0 Å². The molecule has 2 aromatic carbocycles. The molecule has 0 radical (unpaired) electrons. The zero-order valence-corrected chi connectivity index (χ0v) is 21.2. The van der Waals surface area contributed by atoms with E-state index in [0.717, 1.165) is 5.56 Å². The molecule has 0 saturated heterocycles. The van der Waals surface area contributed by atoms with Gasteiger partial charge in [-0.25, -0.2) is 9.98 Å². The highest BCUT2D eigenvalue weighted by molar-refractivity contribution is 6.34. The normalized spacial score (nSPS) is 11.6. The second-order valence-corrected chi connectivity index (χ2v) is 8.44. The average Bonchev–Trinajstić information content (AvgIpc) is 3.46. The van der Waals surface area contributed by atoms with Crippen LogP contribution in [-0.2, 0) is 11.3 Å². The Hall–Kier alpha value is -4.96. The Balaban J connectivity index is 1.60. The molecule has 0 aliphatic carbocycles. The number of nitrogens with zero attached hydrogens (tertiary/aromatic N) is 3. The second kappa shape index (κ2) is 12.3. The van der Waals surface area contributed by atoms with Crippen molar-refractivity contribution in [2.24, 2.45) is 10.7 Å². The fraction of sp³-hybridized carbons (Fsp3) is 0.0741. The first-order valence-corrected chi connectivity index (χ1v) is 11.9. The summed E-state index contributed by atoms with van der Waals surface area (Å²) in [6, 6.07) is 19.5. The van der Waals surface area contributed by atoms with E-state index in [2.05, 4.69) is 36.1 Å². The van der Waals surface area contributed by atoms with Crippen molar-refractivity contribution in [1.29, 1.82) is 0 Å². The van der Waals surface area contributed by atoms with Crippen LogP contribution in [0, 0.1) is 0 Å². The summed E-state index contributed by atoms with van der Waals surface area (Å²) in [5.41, 5.74) is 8.80. The van der Waals surface area contributed by atoms with Gasteiger partial charge in [0.05, 0.1) is 28.2 Å². The number of halogens is 1. The molecule has 0 bridgehead atoms. The topological polar surface area (TPSA) is 150 Å². The van der Waals surface area contributed by atoms with E-state index in [1.54, 1.807) is 61.9 Å². The maximum absolute atomic E-state index is 13.3. The molecule has 192 valence electrons. The summed E-state index contributed by atoms with van der Waals surface area (Å²) in [6.07, 6.45) is 4.54. The fourth-order valence-corrected chi connectivity index (χ4v) is 3.59. The third-order valence-electron chi connectivity index (χ3n) is 5.32. The zero-order chi connectivity index (χ0) is 26.9. The van der Waals surface area contributed by atoms with E-state index in [9.17, 15) is 9.59 Å². The fourth-order valence-electron chi connectivity index (χ4n) is 3.39. The van der Waals surface area contributed by atoms with Gasteiger partial charge in [0, 0.05) is 37.0 Å². The van der Waals surface area contributed by atoms with Crippen molar-refractivity contribution in [3.8, 4) is 11.3 Å². The van der Waals surface area contributed by atoms with Crippen molar-refractivity contribution >= 4 is 40.8 Å².